The smallest absolute Gasteiger partial charge is 0.310 e. The number of morpholine rings is 1. The fraction of sp³-hybridized carbons (Fsp3) is 0.909. The van der Waals surface area contributed by atoms with Crippen LogP contribution in [0, 0.1) is 5.41 Å². The summed E-state index contributed by atoms with van der Waals surface area (Å²) in [5.74, 6) is -0.668. The predicted octanol–water partition coefficient (Wildman–Crippen LogP) is 1.21. The molecule has 4 nitrogen and oxygen atoms in total. The second-order valence-electron chi connectivity index (χ2n) is 4.18. The van der Waals surface area contributed by atoms with Crippen LogP contribution in [0.4, 0.5) is 0 Å². The van der Waals surface area contributed by atoms with Gasteiger partial charge in [0.2, 0.25) is 0 Å². The Balaban J connectivity index is 2.60. The lowest BCUT2D eigenvalue weighted by molar-refractivity contribution is -0.151. The molecule has 15 heavy (non-hydrogen) atoms. The summed E-state index contributed by atoms with van der Waals surface area (Å²) < 4.78 is 5.25. The lowest BCUT2D eigenvalue weighted by atomic mass is 9.82. The van der Waals surface area contributed by atoms with Gasteiger partial charge in [-0.05, 0) is 12.8 Å². The minimum atomic E-state index is -0.668. The maximum atomic E-state index is 11.3. The van der Waals surface area contributed by atoms with Crippen molar-refractivity contribution in [3.8, 4) is 0 Å². The van der Waals surface area contributed by atoms with E-state index in [1.165, 1.54) is 0 Å². The van der Waals surface area contributed by atoms with E-state index in [1.54, 1.807) is 0 Å². The van der Waals surface area contributed by atoms with Gasteiger partial charge in [0, 0.05) is 19.6 Å². The first-order valence-electron chi connectivity index (χ1n) is 5.68. The second kappa shape index (κ2) is 5.47. The molecule has 0 aromatic carbocycles. The average molecular weight is 215 g/mol. The molecule has 0 amide bonds. The van der Waals surface area contributed by atoms with E-state index in [9.17, 15) is 9.90 Å². The maximum Gasteiger partial charge on any atom is 0.310 e. The highest BCUT2D eigenvalue weighted by molar-refractivity contribution is 5.74. The van der Waals surface area contributed by atoms with Crippen LogP contribution in [0.1, 0.15) is 26.7 Å². The number of carboxylic acid groups (broad SMARTS) is 1. The minimum Gasteiger partial charge on any atom is -0.481 e. The number of rotatable bonds is 5. The van der Waals surface area contributed by atoms with Gasteiger partial charge in [-0.3, -0.25) is 9.69 Å². The van der Waals surface area contributed by atoms with E-state index < -0.39 is 11.4 Å². The first-order valence-corrected chi connectivity index (χ1v) is 5.68. The Morgan fingerprint density at radius 3 is 2.27 bits per heavy atom. The first kappa shape index (κ1) is 12.5. The summed E-state index contributed by atoms with van der Waals surface area (Å²) in [4.78, 5) is 13.5. The van der Waals surface area contributed by atoms with Crippen molar-refractivity contribution in [2.75, 3.05) is 32.8 Å². The lowest BCUT2D eigenvalue weighted by Gasteiger charge is -2.35. The van der Waals surface area contributed by atoms with Crippen LogP contribution in [0.15, 0.2) is 0 Å². The van der Waals surface area contributed by atoms with Crippen LogP contribution in [0.3, 0.4) is 0 Å². The third-order valence-corrected chi connectivity index (χ3v) is 3.44. The quantitative estimate of drug-likeness (QED) is 0.749. The van der Waals surface area contributed by atoms with Gasteiger partial charge in [-0.2, -0.15) is 0 Å². The van der Waals surface area contributed by atoms with Crippen LogP contribution in [0.25, 0.3) is 0 Å². The van der Waals surface area contributed by atoms with E-state index in [0.29, 0.717) is 19.4 Å². The predicted molar refractivity (Wildman–Crippen MR) is 57.9 cm³/mol. The number of hydrogen-bond donors (Lipinski definition) is 1. The van der Waals surface area contributed by atoms with Gasteiger partial charge >= 0.3 is 5.97 Å². The molecular formula is C11H21NO3. The summed E-state index contributed by atoms with van der Waals surface area (Å²) in [6, 6.07) is 0. The van der Waals surface area contributed by atoms with Crippen molar-refractivity contribution in [2.24, 2.45) is 5.41 Å². The molecule has 1 fully saturated rings. The largest absolute Gasteiger partial charge is 0.481 e. The molecule has 0 aromatic rings. The standard InChI is InChI=1S/C11H21NO3/c1-3-11(4-2,10(13)14)9-12-5-7-15-8-6-12/h3-9H2,1-2H3,(H,13,14). The Bertz CT molecular complexity index is 208. The second-order valence-corrected chi connectivity index (χ2v) is 4.18. The average Bonchev–Trinajstić information content (AvgIpc) is 2.27. The molecule has 0 saturated carbocycles. The number of ether oxygens (including phenoxy) is 1. The van der Waals surface area contributed by atoms with Crippen molar-refractivity contribution >= 4 is 5.97 Å². The van der Waals surface area contributed by atoms with E-state index in [-0.39, 0.29) is 0 Å². The SMILES string of the molecule is CCC(CC)(CN1CCOCC1)C(=O)O. The van der Waals surface area contributed by atoms with E-state index >= 15 is 0 Å². The molecule has 4 heteroatoms. The Labute approximate surface area is 91.2 Å². The van der Waals surface area contributed by atoms with Gasteiger partial charge in [0.1, 0.15) is 0 Å². The third kappa shape index (κ3) is 2.92. The molecule has 1 saturated heterocycles. The van der Waals surface area contributed by atoms with Crippen LogP contribution in [0.5, 0.6) is 0 Å². The monoisotopic (exact) mass is 215 g/mol. The van der Waals surface area contributed by atoms with Gasteiger partial charge in [-0.1, -0.05) is 13.8 Å². The topological polar surface area (TPSA) is 49.8 Å². The third-order valence-electron chi connectivity index (χ3n) is 3.44. The highest BCUT2D eigenvalue weighted by Gasteiger charge is 2.36. The maximum absolute atomic E-state index is 11.3. The molecule has 1 aliphatic rings. The van der Waals surface area contributed by atoms with Crippen molar-refractivity contribution in [2.45, 2.75) is 26.7 Å². The molecule has 1 N–H and O–H groups in total. The number of aliphatic carboxylic acids is 1. The summed E-state index contributed by atoms with van der Waals surface area (Å²) in [6.45, 7) is 7.73. The molecule has 0 radical (unpaired) electrons. The van der Waals surface area contributed by atoms with Gasteiger partial charge in [0.05, 0.1) is 18.6 Å². The van der Waals surface area contributed by atoms with Crippen LogP contribution in [0.2, 0.25) is 0 Å². The van der Waals surface area contributed by atoms with Crippen molar-refractivity contribution < 1.29 is 14.6 Å². The molecule has 1 rings (SSSR count). The van der Waals surface area contributed by atoms with Gasteiger partial charge in [0.25, 0.3) is 0 Å². The Hall–Kier alpha value is -0.610. The summed E-state index contributed by atoms with van der Waals surface area (Å²) in [6.07, 6.45) is 1.38. The highest BCUT2D eigenvalue weighted by Crippen LogP contribution is 2.28. The van der Waals surface area contributed by atoms with Crippen LogP contribution in [-0.4, -0.2) is 48.8 Å². The molecule has 0 spiro atoms. The summed E-state index contributed by atoms with van der Waals surface area (Å²) in [5, 5.41) is 9.30. The number of hydrogen-bond acceptors (Lipinski definition) is 3. The Morgan fingerprint density at radius 1 is 1.33 bits per heavy atom. The molecular weight excluding hydrogens is 194 g/mol. The minimum absolute atomic E-state index is 0.572. The zero-order valence-corrected chi connectivity index (χ0v) is 9.66. The first-order chi connectivity index (χ1) is 7.14. The highest BCUT2D eigenvalue weighted by atomic mass is 16.5. The zero-order valence-electron chi connectivity index (χ0n) is 9.66. The molecule has 1 heterocycles. The summed E-state index contributed by atoms with van der Waals surface area (Å²) >= 11 is 0. The molecule has 88 valence electrons. The van der Waals surface area contributed by atoms with Gasteiger partial charge in [0.15, 0.2) is 0 Å². The van der Waals surface area contributed by atoms with Crippen molar-refractivity contribution in [1.82, 2.24) is 4.90 Å². The van der Waals surface area contributed by atoms with Crippen LogP contribution >= 0.6 is 0 Å². The Morgan fingerprint density at radius 2 is 1.87 bits per heavy atom. The van der Waals surface area contributed by atoms with Crippen molar-refractivity contribution in [1.29, 1.82) is 0 Å². The molecule has 0 bridgehead atoms. The van der Waals surface area contributed by atoms with E-state index in [0.717, 1.165) is 26.3 Å². The van der Waals surface area contributed by atoms with Crippen molar-refractivity contribution in [3.05, 3.63) is 0 Å². The Kier molecular flexibility index (Phi) is 4.54. The summed E-state index contributed by atoms with van der Waals surface area (Å²) in [5.41, 5.74) is -0.572. The van der Waals surface area contributed by atoms with Gasteiger partial charge in [-0.25, -0.2) is 0 Å². The zero-order chi connectivity index (χ0) is 11.3. The van der Waals surface area contributed by atoms with Crippen molar-refractivity contribution in [3.63, 3.8) is 0 Å². The van der Waals surface area contributed by atoms with E-state index in [4.69, 9.17) is 4.74 Å². The van der Waals surface area contributed by atoms with Gasteiger partial charge < -0.3 is 9.84 Å². The normalized spacial score (nSPS) is 19.1. The van der Waals surface area contributed by atoms with E-state index in [2.05, 4.69) is 4.90 Å². The molecule has 0 atom stereocenters. The number of carboxylic acids is 1. The number of carbonyl (C=O) groups is 1. The fourth-order valence-electron chi connectivity index (χ4n) is 2.03. The van der Waals surface area contributed by atoms with E-state index in [1.807, 2.05) is 13.8 Å². The lowest BCUT2D eigenvalue weighted by Crippen LogP contribution is -2.46. The molecule has 0 unspecified atom stereocenters. The molecule has 0 aromatic heterocycles. The summed E-state index contributed by atoms with van der Waals surface area (Å²) in [7, 11) is 0. The number of nitrogens with zero attached hydrogens (tertiary/aromatic N) is 1. The van der Waals surface area contributed by atoms with Crippen LogP contribution < -0.4 is 0 Å². The van der Waals surface area contributed by atoms with Crippen LogP contribution in [-0.2, 0) is 9.53 Å². The fourth-order valence-corrected chi connectivity index (χ4v) is 2.03. The molecule has 0 aliphatic carbocycles. The molecule has 1 aliphatic heterocycles. The van der Waals surface area contributed by atoms with Gasteiger partial charge in [-0.15, -0.1) is 0 Å².